The average molecular weight is 295 g/mol. The lowest BCUT2D eigenvalue weighted by atomic mass is 10.1. The third-order valence-electron chi connectivity index (χ3n) is 1.98. The van der Waals surface area contributed by atoms with Crippen molar-refractivity contribution in [2.24, 2.45) is 0 Å². The molecule has 0 aromatic carbocycles. The first-order valence-electron chi connectivity index (χ1n) is 4.44. The van der Waals surface area contributed by atoms with Crippen LogP contribution in [0.25, 0.3) is 0 Å². The molecule has 0 bridgehead atoms. The molecule has 0 fully saturated rings. The Morgan fingerprint density at radius 3 is 2.53 bits per heavy atom. The number of hydrogen-bond donors (Lipinski definition) is 3. The first kappa shape index (κ1) is 14.2. The first-order chi connectivity index (χ1) is 6.61. The molecule has 1 heterocycles. The molecule has 15 heavy (non-hydrogen) atoms. The molecular weight excluding hydrogens is 280 g/mol. The molecule has 0 radical (unpaired) electrons. The van der Waals surface area contributed by atoms with Gasteiger partial charge in [-0.15, -0.1) is 28.3 Å². The third kappa shape index (κ3) is 4.53. The van der Waals surface area contributed by atoms with Crippen LogP contribution in [0.2, 0.25) is 0 Å². The number of carboxylic acid groups (broad SMARTS) is 1. The maximum atomic E-state index is 10.2. The Labute approximate surface area is 103 Å². The van der Waals surface area contributed by atoms with Crippen LogP contribution in [-0.2, 0) is 11.2 Å². The Morgan fingerprint density at radius 1 is 1.40 bits per heavy atom. The zero-order valence-corrected chi connectivity index (χ0v) is 10.8. The van der Waals surface area contributed by atoms with Crippen molar-refractivity contribution in [1.82, 2.24) is 0 Å². The Hall–Kier alpha value is -0.750. The van der Waals surface area contributed by atoms with Gasteiger partial charge in [-0.1, -0.05) is 0 Å². The van der Waals surface area contributed by atoms with Crippen molar-refractivity contribution in [3.05, 3.63) is 10.3 Å². The lowest BCUT2D eigenvalue weighted by Gasteiger charge is -1.99. The molecule has 0 aliphatic heterocycles. The quantitative estimate of drug-likeness (QED) is 0.727. The van der Waals surface area contributed by atoms with Crippen LogP contribution >= 0.6 is 28.3 Å². The Bertz CT molecular complexity index is 328. The molecule has 86 valence electrons. The number of hydrogen-bond acceptors (Lipinski definition) is 4. The summed E-state index contributed by atoms with van der Waals surface area (Å²) in [4.78, 5) is 11.3. The fourth-order valence-electron chi connectivity index (χ4n) is 1.18. The van der Waals surface area contributed by atoms with Gasteiger partial charge in [0.1, 0.15) is 0 Å². The van der Waals surface area contributed by atoms with E-state index in [1.165, 1.54) is 11.3 Å². The van der Waals surface area contributed by atoms with Crippen LogP contribution in [0, 0.1) is 0 Å². The van der Waals surface area contributed by atoms with Crippen molar-refractivity contribution >= 4 is 45.7 Å². The number of anilines is 2. The van der Waals surface area contributed by atoms with Gasteiger partial charge in [0.2, 0.25) is 0 Å². The van der Waals surface area contributed by atoms with Crippen molar-refractivity contribution in [2.45, 2.75) is 25.7 Å². The van der Waals surface area contributed by atoms with Gasteiger partial charge in [-0.3, -0.25) is 4.79 Å². The van der Waals surface area contributed by atoms with Gasteiger partial charge < -0.3 is 16.6 Å². The predicted molar refractivity (Wildman–Crippen MR) is 68.7 cm³/mol. The normalized spacial score (nSPS) is 9.60. The molecule has 1 rings (SSSR count). The lowest BCUT2D eigenvalue weighted by molar-refractivity contribution is -0.137. The standard InChI is InChI=1S/C9H14N2O2S.BrH/c10-6-5-14-7(9(6)11)3-1-2-4-8(12)13;/h5H,1-4,10-11H2,(H,12,13);1H. The van der Waals surface area contributed by atoms with E-state index in [0.717, 1.165) is 17.7 Å². The van der Waals surface area contributed by atoms with E-state index >= 15 is 0 Å². The summed E-state index contributed by atoms with van der Waals surface area (Å²) in [5.74, 6) is -0.747. The summed E-state index contributed by atoms with van der Waals surface area (Å²) in [7, 11) is 0. The molecule has 0 saturated heterocycles. The van der Waals surface area contributed by atoms with E-state index in [1.54, 1.807) is 0 Å². The third-order valence-corrected chi connectivity index (χ3v) is 3.06. The molecule has 0 aliphatic rings. The van der Waals surface area contributed by atoms with Gasteiger partial charge in [-0.25, -0.2) is 0 Å². The molecule has 0 spiro atoms. The van der Waals surface area contributed by atoms with Crippen molar-refractivity contribution in [3.8, 4) is 0 Å². The van der Waals surface area contributed by atoms with Crippen LogP contribution in [0.1, 0.15) is 24.1 Å². The van der Waals surface area contributed by atoms with Gasteiger partial charge >= 0.3 is 5.97 Å². The number of nitrogen functional groups attached to an aromatic ring is 2. The van der Waals surface area contributed by atoms with E-state index in [-0.39, 0.29) is 23.4 Å². The number of thiophene rings is 1. The second-order valence-corrected chi connectivity index (χ2v) is 4.09. The maximum Gasteiger partial charge on any atom is 0.303 e. The van der Waals surface area contributed by atoms with Gasteiger partial charge in [0.25, 0.3) is 0 Å². The molecule has 0 amide bonds. The van der Waals surface area contributed by atoms with Crippen molar-refractivity contribution in [3.63, 3.8) is 0 Å². The Morgan fingerprint density at radius 2 is 2.07 bits per heavy atom. The van der Waals surface area contributed by atoms with Gasteiger partial charge in [-0.05, 0) is 19.3 Å². The van der Waals surface area contributed by atoms with Crippen LogP contribution in [0.3, 0.4) is 0 Å². The minimum atomic E-state index is -0.747. The lowest BCUT2D eigenvalue weighted by Crippen LogP contribution is -1.96. The van der Waals surface area contributed by atoms with Crippen molar-refractivity contribution in [2.75, 3.05) is 11.5 Å². The van der Waals surface area contributed by atoms with E-state index < -0.39 is 5.97 Å². The summed E-state index contributed by atoms with van der Waals surface area (Å²) in [5.41, 5.74) is 12.6. The van der Waals surface area contributed by atoms with Gasteiger partial charge in [0.05, 0.1) is 11.4 Å². The summed E-state index contributed by atoms with van der Waals surface area (Å²) in [6, 6.07) is 0. The highest BCUT2D eigenvalue weighted by molar-refractivity contribution is 8.93. The molecule has 0 saturated carbocycles. The van der Waals surface area contributed by atoms with Crippen LogP contribution in [0.15, 0.2) is 5.38 Å². The number of carboxylic acids is 1. The average Bonchev–Trinajstić information content (AvgIpc) is 2.43. The zero-order valence-electron chi connectivity index (χ0n) is 8.23. The van der Waals surface area contributed by atoms with Gasteiger partial charge in [-0.2, -0.15) is 0 Å². The Kier molecular flexibility index (Phi) is 6.35. The first-order valence-corrected chi connectivity index (χ1v) is 5.32. The van der Waals surface area contributed by atoms with E-state index in [0.29, 0.717) is 17.8 Å². The topological polar surface area (TPSA) is 89.3 Å². The highest BCUT2D eigenvalue weighted by Gasteiger charge is 2.05. The fraction of sp³-hybridized carbons (Fsp3) is 0.444. The van der Waals surface area contributed by atoms with E-state index in [1.807, 2.05) is 5.38 Å². The number of rotatable bonds is 5. The molecular formula is C9H15BrN2O2S. The van der Waals surface area contributed by atoms with Crippen molar-refractivity contribution < 1.29 is 9.90 Å². The fourth-order valence-corrected chi connectivity index (χ4v) is 2.08. The molecule has 1 aromatic heterocycles. The summed E-state index contributed by atoms with van der Waals surface area (Å²) < 4.78 is 0. The molecule has 0 aliphatic carbocycles. The van der Waals surface area contributed by atoms with Crippen LogP contribution in [-0.4, -0.2) is 11.1 Å². The zero-order chi connectivity index (χ0) is 10.6. The smallest absolute Gasteiger partial charge is 0.303 e. The molecule has 6 heteroatoms. The second kappa shape index (κ2) is 6.68. The minimum Gasteiger partial charge on any atom is -0.481 e. The maximum absolute atomic E-state index is 10.2. The number of nitrogens with two attached hydrogens (primary N) is 2. The SMILES string of the molecule is Br.Nc1csc(CCCCC(=O)O)c1N. The van der Waals surface area contributed by atoms with Gasteiger partial charge in [0, 0.05) is 16.7 Å². The second-order valence-electron chi connectivity index (χ2n) is 3.13. The highest BCUT2D eigenvalue weighted by Crippen LogP contribution is 2.28. The molecule has 4 nitrogen and oxygen atoms in total. The molecule has 1 aromatic rings. The van der Waals surface area contributed by atoms with Crippen LogP contribution in [0.4, 0.5) is 11.4 Å². The van der Waals surface area contributed by atoms with E-state index in [9.17, 15) is 4.79 Å². The summed E-state index contributed by atoms with van der Waals surface area (Å²) in [6.45, 7) is 0. The van der Waals surface area contributed by atoms with Gasteiger partial charge in [0.15, 0.2) is 0 Å². The van der Waals surface area contributed by atoms with Crippen molar-refractivity contribution in [1.29, 1.82) is 0 Å². The minimum absolute atomic E-state index is 0. The number of aryl methyl sites for hydroxylation is 1. The summed E-state index contributed by atoms with van der Waals surface area (Å²) >= 11 is 1.54. The number of halogens is 1. The summed E-state index contributed by atoms with van der Waals surface area (Å²) in [6.07, 6.45) is 2.57. The number of unbranched alkanes of at least 4 members (excludes halogenated alkanes) is 1. The summed E-state index contributed by atoms with van der Waals surface area (Å²) in [5, 5.41) is 10.2. The van der Waals surface area contributed by atoms with E-state index in [2.05, 4.69) is 0 Å². The highest BCUT2D eigenvalue weighted by atomic mass is 79.9. The monoisotopic (exact) mass is 294 g/mol. The Balaban J connectivity index is 0.00000196. The largest absolute Gasteiger partial charge is 0.481 e. The molecule has 0 unspecified atom stereocenters. The van der Waals surface area contributed by atoms with Crippen LogP contribution < -0.4 is 11.5 Å². The number of carbonyl (C=O) groups is 1. The molecule has 0 atom stereocenters. The predicted octanol–water partition coefficient (Wildman–Crippen LogP) is 2.29. The van der Waals surface area contributed by atoms with E-state index in [4.69, 9.17) is 16.6 Å². The number of aliphatic carboxylic acids is 1. The molecule has 5 N–H and O–H groups in total. The van der Waals surface area contributed by atoms with Crippen LogP contribution in [0.5, 0.6) is 0 Å².